The van der Waals surface area contributed by atoms with Gasteiger partial charge in [-0.15, -0.1) is 13.2 Å². The number of hydrogen-bond acceptors (Lipinski definition) is 3. The molecule has 0 aromatic heterocycles. The minimum atomic E-state index is -1.68. The lowest BCUT2D eigenvalue weighted by Crippen LogP contribution is -2.40. The summed E-state index contributed by atoms with van der Waals surface area (Å²) < 4.78 is 6.59. The van der Waals surface area contributed by atoms with E-state index in [4.69, 9.17) is 4.43 Å². The second-order valence-corrected chi connectivity index (χ2v) is 13.9. The number of aliphatic hydroxyl groups excluding tert-OH is 1. The first kappa shape index (κ1) is 25.3. The van der Waals surface area contributed by atoms with E-state index < -0.39 is 14.4 Å². The molecule has 1 unspecified atom stereocenters. The molecular formula is C24H44O3Si. The van der Waals surface area contributed by atoms with Crippen molar-refractivity contribution in [2.75, 3.05) is 0 Å². The fraction of sp³-hybridized carbons (Fsp3) is 0.792. The zero-order valence-corrected chi connectivity index (χ0v) is 20.0. The van der Waals surface area contributed by atoms with Crippen molar-refractivity contribution in [1.29, 1.82) is 0 Å². The minimum absolute atomic E-state index is 0.0418. The zero-order valence-electron chi connectivity index (χ0n) is 19.0. The molecule has 0 amide bonds. The molecule has 1 fully saturated rings. The molecule has 0 bridgehead atoms. The van der Waals surface area contributed by atoms with Gasteiger partial charge in [-0.05, 0) is 61.6 Å². The summed E-state index contributed by atoms with van der Waals surface area (Å²) in [4.78, 5) is 12.5. The Morgan fingerprint density at radius 1 is 1.25 bits per heavy atom. The minimum Gasteiger partial charge on any atom is -0.411 e. The van der Waals surface area contributed by atoms with Gasteiger partial charge >= 0.3 is 0 Å². The molecule has 1 N–H and O–H groups in total. The van der Waals surface area contributed by atoms with Gasteiger partial charge in [0.2, 0.25) is 0 Å². The molecule has 1 saturated carbocycles. The summed E-state index contributed by atoms with van der Waals surface area (Å²) in [6, 6.07) is 3.37. The van der Waals surface area contributed by atoms with Gasteiger partial charge in [-0.1, -0.05) is 46.8 Å². The van der Waals surface area contributed by atoms with Crippen LogP contribution in [0, 0.1) is 17.3 Å². The first-order valence-corrected chi connectivity index (χ1v) is 13.9. The molecule has 0 heterocycles. The van der Waals surface area contributed by atoms with E-state index in [9.17, 15) is 9.90 Å². The molecule has 1 aliphatic carbocycles. The molecule has 0 aromatic rings. The van der Waals surface area contributed by atoms with E-state index in [0.29, 0.717) is 12.8 Å². The summed E-state index contributed by atoms with van der Waals surface area (Å²) >= 11 is 0. The molecule has 3 nitrogen and oxygen atoms in total. The maximum atomic E-state index is 12.5. The summed E-state index contributed by atoms with van der Waals surface area (Å²) in [7, 11) is -1.68. The summed E-state index contributed by atoms with van der Waals surface area (Å²) in [5, 5.41) is 11.0. The second kappa shape index (κ2) is 11.5. The molecule has 1 aliphatic rings. The molecule has 5 atom stereocenters. The molecule has 1 rings (SSSR count). The van der Waals surface area contributed by atoms with Gasteiger partial charge in [0.05, 0.1) is 12.2 Å². The Morgan fingerprint density at radius 3 is 2.36 bits per heavy atom. The lowest BCUT2D eigenvalue weighted by Gasteiger charge is -2.36. The Hall–Kier alpha value is -0.713. The standard InChI is InChI=1S/C24H44O3Si/c1-8-13-15-24(7)16-14-21(25)23(24)22(26)18-19(6)17-20(9-2)27-28(10-3,11-4)12-5/h8-9,19-20,22-23,26H,1-2,10-18H2,3-7H3/t19-,20?,22-,23+,24-/m1/s1. The number of rotatable bonds is 14. The Balaban J connectivity index is 2.74. The van der Waals surface area contributed by atoms with E-state index >= 15 is 0 Å². The highest BCUT2D eigenvalue weighted by Gasteiger charge is 2.47. The van der Waals surface area contributed by atoms with Crippen molar-refractivity contribution in [1.82, 2.24) is 0 Å². The molecular weight excluding hydrogens is 364 g/mol. The van der Waals surface area contributed by atoms with Crippen LogP contribution in [-0.2, 0) is 9.22 Å². The third-order valence-corrected chi connectivity index (χ3v) is 11.9. The number of carbonyl (C=O) groups is 1. The maximum absolute atomic E-state index is 12.5. The summed E-state index contributed by atoms with van der Waals surface area (Å²) in [5.41, 5.74) is -0.104. The van der Waals surface area contributed by atoms with E-state index in [-0.39, 0.29) is 29.1 Å². The van der Waals surface area contributed by atoms with Crippen molar-refractivity contribution in [2.24, 2.45) is 17.3 Å². The predicted octanol–water partition coefficient (Wildman–Crippen LogP) is 6.29. The van der Waals surface area contributed by atoms with Crippen LogP contribution in [0.15, 0.2) is 25.3 Å². The van der Waals surface area contributed by atoms with E-state index in [1.807, 2.05) is 12.2 Å². The maximum Gasteiger partial charge on any atom is 0.192 e. The van der Waals surface area contributed by atoms with E-state index in [1.165, 1.54) is 0 Å². The normalized spacial score (nSPS) is 26.1. The van der Waals surface area contributed by atoms with Crippen LogP contribution in [-0.4, -0.2) is 31.4 Å². The molecule has 0 saturated heterocycles. The number of carbonyl (C=O) groups excluding carboxylic acids is 1. The topological polar surface area (TPSA) is 46.5 Å². The van der Waals surface area contributed by atoms with Crippen molar-refractivity contribution in [3.63, 3.8) is 0 Å². The number of allylic oxidation sites excluding steroid dienone is 1. The molecule has 4 heteroatoms. The van der Waals surface area contributed by atoms with Crippen molar-refractivity contribution in [2.45, 2.75) is 103 Å². The van der Waals surface area contributed by atoms with Crippen LogP contribution >= 0.6 is 0 Å². The van der Waals surface area contributed by atoms with E-state index in [0.717, 1.165) is 43.8 Å². The molecule has 0 aromatic carbocycles. The monoisotopic (exact) mass is 408 g/mol. The van der Waals surface area contributed by atoms with Crippen molar-refractivity contribution < 1.29 is 14.3 Å². The molecule has 28 heavy (non-hydrogen) atoms. The largest absolute Gasteiger partial charge is 0.411 e. The fourth-order valence-corrected chi connectivity index (χ4v) is 7.89. The lowest BCUT2D eigenvalue weighted by atomic mass is 9.71. The Bertz CT molecular complexity index is 506. The number of Topliss-reactive ketones (excluding diaryl/α,β-unsaturated/α-hetero) is 1. The van der Waals surface area contributed by atoms with Crippen LogP contribution in [0.1, 0.15) is 73.1 Å². The third-order valence-electron chi connectivity index (χ3n) is 7.22. The van der Waals surface area contributed by atoms with Crippen molar-refractivity contribution in [3.8, 4) is 0 Å². The van der Waals surface area contributed by atoms with Crippen LogP contribution < -0.4 is 0 Å². The highest BCUT2D eigenvalue weighted by atomic mass is 28.4. The van der Waals surface area contributed by atoms with E-state index in [2.05, 4.69) is 47.8 Å². The van der Waals surface area contributed by atoms with Gasteiger partial charge in [0.25, 0.3) is 0 Å². The van der Waals surface area contributed by atoms with Crippen LogP contribution in [0.2, 0.25) is 18.1 Å². The Kier molecular flexibility index (Phi) is 10.4. The van der Waals surface area contributed by atoms with Crippen LogP contribution in [0.5, 0.6) is 0 Å². The molecule has 0 spiro atoms. The Morgan fingerprint density at radius 2 is 1.86 bits per heavy atom. The van der Waals surface area contributed by atoms with Gasteiger partial charge in [-0.2, -0.15) is 0 Å². The van der Waals surface area contributed by atoms with Crippen LogP contribution in [0.4, 0.5) is 0 Å². The first-order valence-electron chi connectivity index (χ1n) is 11.3. The fourth-order valence-electron chi connectivity index (χ4n) is 5.05. The van der Waals surface area contributed by atoms with Gasteiger partial charge in [-0.25, -0.2) is 0 Å². The molecule has 162 valence electrons. The molecule has 0 radical (unpaired) electrons. The summed E-state index contributed by atoms with van der Waals surface area (Å²) in [6.45, 7) is 18.9. The van der Waals surface area contributed by atoms with Gasteiger partial charge in [-0.3, -0.25) is 4.79 Å². The van der Waals surface area contributed by atoms with Gasteiger partial charge < -0.3 is 9.53 Å². The van der Waals surface area contributed by atoms with Gasteiger partial charge in [0.1, 0.15) is 5.78 Å². The Labute approximate surface area is 174 Å². The number of aliphatic hydroxyl groups is 1. The SMILES string of the molecule is C=CCC[C@]1(C)CCC(=O)[C@H]1[C@H](O)C[C@H](C)CC(C=C)O[Si](CC)(CC)CC. The van der Waals surface area contributed by atoms with E-state index in [1.54, 1.807) is 0 Å². The second-order valence-electron chi connectivity index (χ2n) is 9.20. The smallest absolute Gasteiger partial charge is 0.192 e. The zero-order chi connectivity index (χ0) is 21.4. The molecule has 0 aliphatic heterocycles. The number of ketones is 1. The highest BCUT2D eigenvalue weighted by Crippen LogP contribution is 2.47. The first-order chi connectivity index (χ1) is 13.2. The highest BCUT2D eigenvalue weighted by molar-refractivity contribution is 6.73. The summed E-state index contributed by atoms with van der Waals surface area (Å²) in [5.74, 6) is 0.276. The predicted molar refractivity (Wildman–Crippen MR) is 122 cm³/mol. The van der Waals surface area contributed by atoms with Crippen LogP contribution in [0.3, 0.4) is 0 Å². The lowest BCUT2D eigenvalue weighted by molar-refractivity contribution is -0.127. The van der Waals surface area contributed by atoms with Crippen molar-refractivity contribution in [3.05, 3.63) is 25.3 Å². The van der Waals surface area contributed by atoms with Gasteiger partial charge in [0, 0.05) is 12.3 Å². The van der Waals surface area contributed by atoms with Crippen LogP contribution in [0.25, 0.3) is 0 Å². The van der Waals surface area contributed by atoms with Gasteiger partial charge in [0.15, 0.2) is 8.32 Å². The average molecular weight is 409 g/mol. The van der Waals surface area contributed by atoms with Crippen molar-refractivity contribution >= 4 is 14.1 Å². The quantitative estimate of drug-likeness (QED) is 0.271. The number of hydrogen-bond donors (Lipinski definition) is 1. The average Bonchev–Trinajstić information content (AvgIpc) is 2.98. The summed E-state index contributed by atoms with van der Waals surface area (Å²) in [6.07, 6.45) is 8.12. The third kappa shape index (κ3) is 6.40.